The Kier molecular flexibility index (Phi) is 6.16. The van der Waals surface area contributed by atoms with Gasteiger partial charge in [-0.2, -0.15) is 8.78 Å². The van der Waals surface area contributed by atoms with E-state index >= 15 is 0 Å². The standard InChI is InChI=1S/C14H17F2N5OS2/c1-14(2,3)21-13(18-19-20-21)23-8-11(22)17-9-6-4-5-7-10(9)24-12(15)16/h4-7,12H,8H2,1-3H3,(H,17,22). The molecule has 0 fully saturated rings. The summed E-state index contributed by atoms with van der Waals surface area (Å²) < 4.78 is 26.7. The van der Waals surface area contributed by atoms with Crippen LogP contribution >= 0.6 is 23.5 Å². The Morgan fingerprint density at radius 3 is 2.71 bits per heavy atom. The van der Waals surface area contributed by atoms with Crippen LogP contribution in [-0.2, 0) is 10.3 Å². The Labute approximate surface area is 146 Å². The van der Waals surface area contributed by atoms with Gasteiger partial charge in [0.05, 0.1) is 17.0 Å². The molecule has 0 aliphatic rings. The van der Waals surface area contributed by atoms with E-state index in [0.717, 1.165) is 0 Å². The smallest absolute Gasteiger partial charge is 0.288 e. The van der Waals surface area contributed by atoms with Crippen molar-refractivity contribution in [2.75, 3.05) is 11.1 Å². The third-order valence-corrected chi connectivity index (χ3v) is 4.49. The van der Waals surface area contributed by atoms with Crippen LogP contribution in [0.1, 0.15) is 20.8 Å². The number of nitrogens with one attached hydrogen (secondary N) is 1. The lowest BCUT2D eigenvalue weighted by Gasteiger charge is -2.19. The van der Waals surface area contributed by atoms with E-state index in [9.17, 15) is 13.6 Å². The van der Waals surface area contributed by atoms with Crippen LogP contribution in [0.15, 0.2) is 34.3 Å². The van der Waals surface area contributed by atoms with Gasteiger partial charge < -0.3 is 5.32 Å². The number of halogens is 2. The molecular formula is C14H17F2N5OS2. The molecule has 1 amide bonds. The van der Waals surface area contributed by atoms with Gasteiger partial charge in [-0.3, -0.25) is 4.79 Å². The van der Waals surface area contributed by atoms with Crippen LogP contribution in [-0.4, -0.2) is 37.6 Å². The molecule has 0 atom stereocenters. The Balaban J connectivity index is 1.99. The lowest BCUT2D eigenvalue weighted by atomic mass is 10.1. The van der Waals surface area contributed by atoms with Gasteiger partial charge in [0, 0.05) is 4.90 Å². The maximum Gasteiger partial charge on any atom is 0.288 e. The van der Waals surface area contributed by atoms with Crippen molar-refractivity contribution in [3.05, 3.63) is 24.3 Å². The number of rotatable bonds is 6. The summed E-state index contributed by atoms with van der Waals surface area (Å²) in [5.74, 6) is -2.79. The Morgan fingerprint density at radius 1 is 1.33 bits per heavy atom. The first-order valence-corrected chi connectivity index (χ1v) is 8.89. The SMILES string of the molecule is CC(C)(C)n1nnnc1SCC(=O)Nc1ccccc1SC(F)F. The molecule has 130 valence electrons. The van der Waals surface area contributed by atoms with Crippen molar-refractivity contribution < 1.29 is 13.6 Å². The molecule has 1 heterocycles. The van der Waals surface area contributed by atoms with Crippen molar-refractivity contribution in [3.8, 4) is 0 Å². The molecule has 1 aromatic heterocycles. The molecule has 0 aliphatic carbocycles. The number of para-hydroxylation sites is 1. The van der Waals surface area contributed by atoms with Crippen LogP contribution in [0.3, 0.4) is 0 Å². The third kappa shape index (κ3) is 5.17. The summed E-state index contributed by atoms with van der Waals surface area (Å²) in [6, 6.07) is 6.46. The Morgan fingerprint density at radius 2 is 2.04 bits per heavy atom. The molecule has 1 aromatic carbocycles. The predicted octanol–water partition coefficient (Wildman–Crippen LogP) is 3.47. The fraction of sp³-hybridized carbons (Fsp3) is 0.429. The van der Waals surface area contributed by atoms with Gasteiger partial charge in [0.15, 0.2) is 0 Å². The number of carbonyl (C=O) groups excluding carboxylic acids is 1. The molecule has 0 saturated heterocycles. The van der Waals surface area contributed by atoms with Gasteiger partial charge in [0.1, 0.15) is 0 Å². The van der Waals surface area contributed by atoms with Crippen molar-refractivity contribution in [1.82, 2.24) is 20.2 Å². The number of anilines is 1. The van der Waals surface area contributed by atoms with Crippen LogP contribution < -0.4 is 5.32 Å². The van der Waals surface area contributed by atoms with Gasteiger partial charge in [-0.15, -0.1) is 5.10 Å². The average Bonchev–Trinajstić information content (AvgIpc) is 2.95. The van der Waals surface area contributed by atoms with Gasteiger partial charge >= 0.3 is 0 Å². The zero-order chi connectivity index (χ0) is 17.7. The lowest BCUT2D eigenvalue weighted by Crippen LogP contribution is -2.24. The van der Waals surface area contributed by atoms with Gasteiger partial charge in [-0.25, -0.2) is 4.68 Å². The highest BCUT2D eigenvalue weighted by atomic mass is 32.2. The highest BCUT2D eigenvalue weighted by molar-refractivity contribution is 8.00. The minimum Gasteiger partial charge on any atom is -0.324 e. The summed E-state index contributed by atoms with van der Waals surface area (Å²) in [7, 11) is 0. The van der Waals surface area contributed by atoms with Gasteiger partial charge in [-0.05, 0) is 43.3 Å². The minimum absolute atomic E-state index is 0.0735. The van der Waals surface area contributed by atoms with Crippen molar-refractivity contribution in [2.24, 2.45) is 0 Å². The van der Waals surface area contributed by atoms with E-state index in [4.69, 9.17) is 0 Å². The predicted molar refractivity (Wildman–Crippen MR) is 90.5 cm³/mol. The lowest BCUT2D eigenvalue weighted by molar-refractivity contribution is -0.113. The van der Waals surface area contributed by atoms with E-state index in [1.165, 1.54) is 11.8 Å². The second kappa shape index (κ2) is 7.93. The molecule has 2 rings (SSSR count). The molecule has 2 aromatic rings. The van der Waals surface area contributed by atoms with Gasteiger partial charge in [-0.1, -0.05) is 35.7 Å². The van der Waals surface area contributed by atoms with Crippen LogP contribution in [0.5, 0.6) is 0 Å². The number of nitrogens with zero attached hydrogens (tertiary/aromatic N) is 4. The molecular weight excluding hydrogens is 356 g/mol. The van der Waals surface area contributed by atoms with Crippen LogP contribution in [0.4, 0.5) is 14.5 Å². The number of benzene rings is 1. The zero-order valence-electron chi connectivity index (χ0n) is 13.4. The maximum atomic E-state index is 12.5. The highest BCUT2D eigenvalue weighted by Gasteiger charge is 2.21. The fourth-order valence-corrected chi connectivity index (χ4v) is 3.23. The van der Waals surface area contributed by atoms with Crippen molar-refractivity contribution in [3.63, 3.8) is 0 Å². The summed E-state index contributed by atoms with van der Waals surface area (Å²) in [4.78, 5) is 12.4. The van der Waals surface area contributed by atoms with E-state index in [1.54, 1.807) is 28.9 Å². The van der Waals surface area contributed by atoms with Crippen molar-refractivity contribution in [2.45, 2.75) is 42.1 Å². The number of amides is 1. The minimum atomic E-state index is -2.55. The largest absolute Gasteiger partial charge is 0.324 e. The molecule has 10 heteroatoms. The van der Waals surface area contributed by atoms with Crippen molar-refractivity contribution in [1.29, 1.82) is 0 Å². The number of aromatic nitrogens is 4. The third-order valence-electron chi connectivity index (χ3n) is 2.79. The number of alkyl halides is 2. The first-order chi connectivity index (χ1) is 11.3. The van der Waals surface area contributed by atoms with Gasteiger partial charge in [0.2, 0.25) is 11.1 Å². The topological polar surface area (TPSA) is 72.7 Å². The zero-order valence-corrected chi connectivity index (χ0v) is 15.0. The molecule has 1 N–H and O–H groups in total. The summed E-state index contributed by atoms with van der Waals surface area (Å²) in [5, 5.41) is 14.6. The van der Waals surface area contributed by atoms with Crippen molar-refractivity contribution >= 4 is 35.1 Å². The van der Waals surface area contributed by atoms with E-state index < -0.39 is 5.76 Å². The summed E-state index contributed by atoms with van der Waals surface area (Å²) >= 11 is 1.58. The summed E-state index contributed by atoms with van der Waals surface area (Å²) in [6.07, 6.45) is 0. The number of tetrazole rings is 1. The second-order valence-electron chi connectivity index (χ2n) is 5.76. The van der Waals surface area contributed by atoms with E-state index in [0.29, 0.717) is 27.5 Å². The number of hydrogen-bond acceptors (Lipinski definition) is 6. The quantitative estimate of drug-likeness (QED) is 0.782. The Hall–Kier alpha value is -1.68. The molecule has 6 nitrogen and oxygen atoms in total. The molecule has 0 radical (unpaired) electrons. The Bertz CT molecular complexity index is 702. The van der Waals surface area contributed by atoms with Crippen LogP contribution in [0.2, 0.25) is 0 Å². The molecule has 0 unspecified atom stereocenters. The number of thioether (sulfide) groups is 2. The first-order valence-electron chi connectivity index (χ1n) is 7.02. The monoisotopic (exact) mass is 373 g/mol. The molecule has 0 bridgehead atoms. The molecule has 0 saturated carbocycles. The normalized spacial score (nSPS) is 11.8. The fourth-order valence-electron chi connectivity index (χ4n) is 1.78. The van der Waals surface area contributed by atoms with Crippen LogP contribution in [0.25, 0.3) is 0 Å². The van der Waals surface area contributed by atoms with E-state index in [1.807, 2.05) is 20.8 Å². The second-order valence-corrected chi connectivity index (χ2v) is 7.73. The highest BCUT2D eigenvalue weighted by Crippen LogP contribution is 2.31. The van der Waals surface area contributed by atoms with E-state index in [2.05, 4.69) is 20.8 Å². The molecule has 0 spiro atoms. The average molecular weight is 373 g/mol. The first kappa shape index (κ1) is 18.7. The molecule has 24 heavy (non-hydrogen) atoms. The van der Waals surface area contributed by atoms with E-state index in [-0.39, 0.29) is 17.2 Å². The van der Waals surface area contributed by atoms with Crippen LogP contribution in [0, 0.1) is 0 Å². The molecule has 0 aliphatic heterocycles. The maximum absolute atomic E-state index is 12.5. The van der Waals surface area contributed by atoms with Gasteiger partial charge in [0.25, 0.3) is 5.76 Å². The summed E-state index contributed by atoms with van der Waals surface area (Å²) in [6.45, 7) is 5.85. The number of carbonyl (C=O) groups is 1. The summed E-state index contributed by atoms with van der Waals surface area (Å²) in [5.41, 5.74) is 0.0619. The number of hydrogen-bond donors (Lipinski definition) is 1.